The van der Waals surface area contributed by atoms with Gasteiger partial charge in [-0.15, -0.1) is 0 Å². The van der Waals surface area contributed by atoms with Crippen molar-refractivity contribution in [3.8, 4) is 0 Å². The zero-order chi connectivity index (χ0) is 17.7. The van der Waals surface area contributed by atoms with Gasteiger partial charge in [0, 0.05) is 25.3 Å². The highest BCUT2D eigenvalue weighted by molar-refractivity contribution is 5.95. The third kappa shape index (κ3) is 3.93. The predicted molar refractivity (Wildman–Crippen MR) is 101 cm³/mol. The Morgan fingerprint density at radius 3 is 2.32 bits per heavy atom. The van der Waals surface area contributed by atoms with Gasteiger partial charge in [0.2, 0.25) is 0 Å². The number of nitrogens with zero attached hydrogens (tertiary/aromatic N) is 1. The van der Waals surface area contributed by atoms with E-state index in [1.54, 1.807) is 0 Å². The molecule has 0 bridgehead atoms. The summed E-state index contributed by atoms with van der Waals surface area (Å²) in [6, 6.07) is 18.2. The van der Waals surface area contributed by atoms with Crippen LogP contribution in [0.15, 0.2) is 54.6 Å². The molecule has 1 N–H and O–H groups in total. The lowest BCUT2D eigenvalue weighted by molar-refractivity contribution is 0.0337. The summed E-state index contributed by atoms with van der Waals surface area (Å²) in [4.78, 5) is 15.0. The first-order valence-corrected chi connectivity index (χ1v) is 9.19. The van der Waals surface area contributed by atoms with Gasteiger partial charge in [0.05, 0.1) is 0 Å². The molecule has 0 saturated carbocycles. The zero-order valence-electron chi connectivity index (χ0n) is 14.9. The summed E-state index contributed by atoms with van der Waals surface area (Å²) in [6.07, 6.45) is 3.50. The molecule has 1 heterocycles. The van der Waals surface area contributed by atoms with Crippen LogP contribution in [0.3, 0.4) is 0 Å². The lowest BCUT2D eigenvalue weighted by Crippen LogP contribution is -2.44. The van der Waals surface area contributed by atoms with Crippen molar-refractivity contribution in [2.24, 2.45) is 5.41 Å². The topological polar surface area (TPSA) is 40.5 Å². The van der Waals surface area contributed by atoms with E-state index in [0.717, 1.165) is 49.9 Å². The molecule has 0 spiro atoms. The van der Waals surface area contributed by atoms with Crippen LogP contribution in [0.4, 0.5) is 0 Å². The molecule has 1 saturated heterocycles. The van der Waals surface area contributed by atoms with Crippen molar-refractivity contribution in [2.45, 2.75) is 32.6 Å². The van der Waals surface area contributed by atoms with Crippen LogP contribution in [0.25, 0.3) is 0 Å². The number of carbonyl (C=O) groups is 1. The van der Waals surface area contributed by atoms with Crippen LogP contribution in [0.1, 0.15) is 47.7 Å². The molecule has 0 aliphatic carbocycles. The first kappa shape index (κ1) is 17.7. The first-order valence-electron chi connectivity index (χ1n) is 9.19. The largest absolute Gasteiger partial charge is 0.396 e. The molecule has 1 aliphatic rings. The highest BCUT2D eigenvalue weighted by Gasteiger charge is 2.34. The van der Waals surface area contributed by atoms with Crippen molar-refractivity contribution < 1.29 is 9.90 Å². The normalized spacial score (nSPS) is 16.6. The Morgan fingerprint density at radius 2 is 1.68 bits per heavy atom. The standard InChI is InChI=1S/C22H27NO2/c1-2-22(17-24)12-14-23(15-13-22)21(25)20-11-7-6-10-19(20)16-18-8-4-3-5-9-18/h3-11,24H,2,12-17H2,1H3. The van der Waals surface area contributed by atoms with E-state index in [1.807, 2.05) is 47.4 Å². The van der Waals surface area contributed by atoms with E-state index < -0.39 is 0 Å². The third-order valence-corrected chi connectivity index (χ3v) is 5.68. The maximum absolute atomic E-state index is 13.1. The molecule has 1 aliphatic heterocycles. The smallest absolute Gasteiger partial charge is 0.254 e. The molecule has 2 aromatic carbocycles. The van der Waals surface area contributed by atoms with Crippen molar-refractivity contribution >= 4 is 5.91 Å². The molecular formula is C22H27NO2. The second kappa shape index (κ2) is 7.83. The van der Waals surface area contributed by atoms with Crippen LogP contribution >= 0.6 is 0 Å². The Balaban J connectivity index is 1.75. The number of hydrogen-bond donors (Lipinski definition) is 1. The fourth-order valence-electron chi connectivity index (χ4n) is 3.68. The van der Waals surface area contributed by atoms with Gasteiger partial charge in [0.25, 0.3) is 5.91 Å². The lowest BCUT2D eigenvalue weighted by atomic mass is 9.77. The van der Waals surface area contributed by atoms with Gasteiger partial charge in [-0.2, -0.15) is 0 Å². The first-order chi connectivity index (χ1) is 12.2. The SMILES string of the molecule is CCC1(CO)CCN(C(=O)c2ccccc2Cc2ccccc2)CC1. The van der Waals surface area contributed by atoms with Gasteiger partial charge in [-0.25, -0.2) is 0 Å². The summed E-state index contributed by atoms with van der Waals surface area (Å²) in [7, 11) is 0. The third-order valence-electron chi connectivity index (χ3n) is 5.68. The number of aliphatic hydroxyl groups excluding tert-OH is 1. The number of likely N-dealkylation sites (tertiary alicyclic amines) is 1. The van der Waals surface area contributed by atoms with Gasteiger partial charge in [-0.3, -0.25) is 4.79 Å². The molecule has 0 radical (unpaired) electrons. The number of rotatable bonds is 5. The molecular weight excluding hydrogens is 310 g/mol. The Bertz CT molecular complexity index is 697. The van der Waals surface area contributed by atoms with Crippen LogP contribution in [0.2, 0.25) is 0 Å². The van der Waals surface area contributed by atoms with E-state index in [4.69, 9.17) is 0 Å². The van der Waals surface area contributed by atoms with Crippen molar-refractivity contribution in [1.29, 1.82) is 0 Å². The Kier molecular flexibility index (Phi) is 5.54. The number of hydrogen-bond acceptors (Lipinski definition) is 2. The van der Waals surface area contributed by atoms with E-state index >= 15 is 0 Å². The summed E-state index contributed by atoms with van der Waals surface area (Å²) in [5.41, 5.74) is 3.10. The monoisotopic (exact) mass is 337 g/mol. The average Bonchev–Trinajstić information content (AvgIpc) is 2.69. The molecule has 1 fully saturated rings. The minimum absolute atomic E-state index is 0.000334. The predicted octanol–water partition coefficient (Wildman–Crippen LogP) is 3.90. The van der Waals surface area contributed by atoms with Crippen LogP contribution in [0, 0.1) is 5.41 Å². The molecule has 3 rings (SSSR count). The van der Waals surface area contributed by atoms with E-state index in [0.29, 0.717) is 0 Å². The van der Waals surface area contributed by atoms with Gasteiger partial charge in [-0.1, -0.05) is 55.5 Å². The van der Waals surface area contributed by atoms with Crippen molar-refractivity contribution in [2.75, 3.05) is 19.7 Å². The van der Waals surface area contributed by atoms with Crippen LogP contribution in [0.5, 0.6) is 0 Å². The summed E-state index contributed by atoms with van der Waals surface area (Å²) >= 11 is 0. The molecule has 2 aromatic rings. The number of benzene rings is 2. The summed E-state index contributed by atoms with van der Waals surface area (Å²) < 4.78 is 0. The van der Waals surface area contributed by atoms with Gasteiger partial charge in [0.15, 0.2) is 0 Å². The number of carbonyl (C=O) groups excluding carboxylic acids is 1. The number of piperidine rings is 1. The maximum Gasteiger partial charge on any atom is 0.254 e. The van der Waals surface area contributed by atoms with E-state index in [2.05, 4.69) is 19.1 Å². The van der Waals surface area contributed by atoms with Gasteiger partial charge >= 0.3 is 0 Å². The number of aliphatic hydroxyl groups is 1. The second-order valence-electron chi connectivity index (χ2n) is 7.12. The number of amides is 1. The van der Waals surface area contributed by atoms with E-state index in [1.165, 1.54) is 5.56 Å². The minimum atomic E-state index is 0.000334. The van der Waals surface area contributed by atoms with Crippen LogP contribution < -0.4 is 0 Å². The highest BCUT2D eigenvalue weighted by atomic mass is 16.3. The van der Waals surface area contributed by atoms with Crippen molar-refractivity contribution in [1.82, 2.24) is 4.90 Å². The van der Waals surface area contributed by atoms with Crippen molar-refractivity contribution in [3.05, 3.63) is 71.3 Å². The fourth-order valence-corrected chi connectivity index (χ4v) is 3.68. The summed E-state index contributed by atoms with van der Waals surface area (Å²) in [6.45, 7) is 3.80. The van der Waals surface area contributed by atoms with Gasteiger partial charge in [0.1, 0.15) is 0 Å². The van der Waals surface area contributed by atoms with E-state index in [9.17, 15) is 9.90 Å². The minimum Gasteiger partial charge on any atom is -0.396 e. The fraction of sp³-hybridized carbons (Fsp3) is 0.409. The van der Waals surface area contributed by atoms with Crippen LogP contribution in [-0.4, -0.2) is 35.6 Å². The zero-order valence-corrected chi connectivity index (χ0v) is 14.9. The lowest BCUT2D eigenvalue weighted by Gasteiger charge is -2.40. The Morgan fingerprint density at radius 1 is 1.04 bits per heavy atom. The molecule has 3 nitrogen and oxygen atoms in total. The van der Waals surface area contributed by atoms with E-state index in [-0.39, 0.29) is 17.9 Å². The highest BCUT2D eigenvalue weighted by Crippen LogP contribution is 2.34. The summed E-state index contributed by atoms with van der Waals surface area (Å²) in [5.74, 6) is 0.120. The Hall–Kier alpha value is -2.13. The van der Waals surface area contributed by atoms with Gasteiger partial charge in [-0.05, 0) is 48.3 Å². The van der Waals surface area contributed by atoms with Gasteiger partial charge < -0.3 is 10.0 Å². The molecule has 1 amide bonds. The second-order valence-corrected chi connectivity index (χ2v) is 7.12. The van der Waals surface area contributed by atoms with Crippen molar-refractivity contribution in [3.63, 3.8) is 0 Å². The average molecular weight is 337 g/mol. The summed E-state index contributed by atoms with van der Waals surface area (Å²) in [5, 5.41) is 9.69. The molecule has 132 valence electrons. The maximum atomic E-state index is 13.1. The molecule has 0 aromatic heterocycles. The molecule has 3 heteroatoms. The van der Waals surface area contributed by atoms with Crippen LogP contribution in [-0.2, 0) is 6.42 Å². The molecule has 25 heavy (non-hydrogen) atoms. The quantitative estimate of drug-likeness (QED) is 0.899. The molecule has 0 atom stereocenters. The molecule has 0 unspecified atom stereocenters. The Labute approximate surface area is 150 Å².